The molecule has 1 N–H and O–H groups in total. The lowest BCUT2D eigenvalue weighted by molar-refractivity contribution is 0.965. The van der Waals surface area contributed by atoms with Gasteiger partial charge in [0.15, 0.2) is 0 Å². The van der Waals surface area contributed by atoms with Crippen LogP contribution >= 0.6 is 0 Å². The van der Waals surface area contributed by atoms with E-state index in [0.717, 1.165) is 0 Å². The van der Waals surface area contributed by atoms with Crippen molar-refractivity contribution in [2.24, 2.45) is 0 Å². The Hall–Kier alpha value is -1.38. The molecular weight excluding hydrogens is 128 g/mol. The molecule has 0 aromatic carbocycles. The van der Waals surface area contributed by atoms with E-state index in [1.165, 1.54) is 12.3 Å². The normalized spacial score (nSPS) is 9.20. The van der Waals surface area contributed by atoms with Crippen LogP contribution in [0, 0.1) is 0 Å². The van der Waals surface area contributed by atoms with Crippen molar-refractivity contribution in [3.05, 3.63) is 41.1 Å². The molecule has 1 aromatic heterocycles. The summed E-state index contributed by atoms with van der Waals surface area (Å²) in [6.07, 6.45) is 3.78. The first-order chi connectivity index (χ1) is 4.83. The van der Waals surface area contributed by atoms with Crippen LogP contribution in [0.25, 0.3) is 0 Å². The van der Waals surface area contributed by atoms with Crippen LogP contribution in [0.15, 0.2) is 29.7 Å². The summed E-state index contributed by atoms with van der Waals surface area (Å²) in [4.78, 5) is 17.1. The highest BCUT2D eigenvalue weighted by atomic mass is 16.1. The molecule has 1 heterocycles. The number of aromatic nitrogens is 2. The molecular formula is C7H8N2O. The molecule has 3 heteroatoms. The molecule has 0 radical (unpaired) electrons. The average molecular weight is 136 g/mol. The monoisotopic (exact) mass is 136 g/mol. The molecule has 0 atom stereocenters. The Morgan fingerprint density at radius 1 is 1.80 bits per heavy atom. The van der Waals surface area contributed by atoms with E-state index in [0.29, 0.717) is 12.2 Å². The minimum atomic E-state index is -0.119. The largest absolute Gasteiger partial charge is 0.310 e. The molecule has 0 spiro atoms. The molecule has 3 nitrogen and oxygen atoms in total. The van der Waals surface area contributed by atoms with Gasteiger partial charge in [0.05, 0.1) is 0 Å². The molecule has 52 valence electrons. The number of H-pyrrole nitrogens is 1. The Morgan fingerprint density at radius 2 is 2.60 bits per heavy atom. The van der Waals surface area contributed by atoms with Crippen LogP contribution in [0.5, 0.6) is 0 Å². The first-order valence-electron chi connectivity index (χ1n) is 2.98. The summed E-state index contributed by atoms with van der Waals surface area (Å²) in [7, 11) is 0. The first kappa shape index (κ1) is 6.74. The lowest BCUT2D eigenvalue weighted by Gasteiger charge is -1.91. The fraction of sp³-hybridized carbons (Fsp3) is 0.143. The standard InChI is InChI=1S/C7H8N2O/c1-2-3-6-8-5-4-7(10)9-6/h2,4-5H,1,3H2,(H,8,9,10). The topological polar surface area (TPSA) is 45.8 Å². The molecule has 0 fully saturated rings. The fourth-order valence-electron chi connectivity index (χ4n) is 0.652. The Labute approximate surface area is 58.4 Å². The molecule has 0 saturated carbocycles. The maximum atomic E-state index is 10.6. The van der Waals surface area contributed by atoms with Crippen molar-refractivity contribution in [3.8, 4) is 0 Å². The van der Waals surface area contributed by atoms with Gasteiger partial charge in [-0.2, -0.15) is 0 Å². The van der Waals surface area contributed by atoms with Gasteiger partial charge in [0.2, 0.25) is 0 Å². The van der Waals surface area contributed by atoms with Crippen LogP contribution in [-0.4, -0.2) is 9.97 Å². The van der Waals surface area contributed by atoms with Crippen LogP contribution in [0.3, 0.4) is 0 Å². The second kappa shape index (κ2) is 2.96. The molecule has 1 rings (SSSR count). The van der Waals surface area contributed by atoms with E-state index in [4.69, 9.17) is 0 Å². The zero-order valence-electron chi connectivity index (χ0n) is 5.50. The molecule has 0 aliphatic carbocycles. The van der Waals surface area contributed by atoms with Gasteiger partial charge in [0.25, 0.3) is 5.56 Å². The summed E-state index contributed by atoms with van der Waals surface area (Å²) in [6.45, 7) is 3.52. The number of allylic oxidation sites excluding steroid dienone is 1. The smallest absolute Gasteiger partial charge is 0.250 e. The number of nitrogens with zero attached hydrogens (tertiary/aromatic N) is 1. The number of aromatic amines is 1. The summed E-state index contributed by atoms with van der Waals surface area (Å²) >= 11 is 0. The molecule has 0 amide bonds. The van der Waals surface area contributed by atoms with Crippen LogP contribution in [0.2, 0.25) is 0 Å². The molecule has 0 aliphatic rings. The van der Waals surface area contributed by atoms with Crippen molar-refractivity contribution < 1.29 is 0 Å². The van der Waals surface area contributed by atoms with Crippen molar-refractivity contribution in [1.29, 1.82) is 0 Å². The number of hydrogen-bond acceptors (Lipinski definition) is 2. The zero-order valence-corrected chi connectivity index (χ0v) is 5.50. The number of rotatable bonds is 2. The van der Waals surface area contributed by atoms with Gasteiger partial charge in [0, 0.05) is 18.7 Å². The van der Waals surface area contributed by atoms with Gasteiger partial charge in [0.1, 0.15) is 5.82 Å². The van der Waals surface area contributed by atoms with E-state index in [1.807, 2.05) is 0 Å². The third kappa shape index (κ3) is 1.55. The Bertz CT molecular complexity index is 277. The minimum Gasteiger partial charge on any atom is -0.310 e. The maximum absolute atomic E-state index is 10.6. The van der Waals surface area contributed by atoms with Crippen LogP contribution < -0.4 is 5.56 Å². The fourth-order valence-corrected chi connectivity index (χ4v) is 0.652. The van der Waals surface area contributed by atoms with E-state index >= 15 is 0 Å². The first-order valence-corrected chi connectivity index (χ1v) is 2.98. The van der Waals surface area contributed by atoms with Gasteiger partial charge < -0.3 is 4.98 Å². The second-order valence-corrected chi connectivity index (χ2v) is 1.87. The van der Waals surface area contributed by atoms with E-state index in [9.17, 15) is 4.79 Å². The summed E-state index contributed by atoms with van der Waals surface area (Å²) in [6, 6.07) is 1.38. The van der Waals surface area contributed by atoms with Gasteiger partial charge in [-0.05, 0) is 0 Å². The average Bonchev–Trinajstić information content (AvgIpc) is 1.88. The van der Waals surface area contributed by atoms with Crippen LogP contribution in [0.1, 0.15) is 5.82 Å². The third-order valence-electron chi connectivity index (χ3n) is 1.06. The van der Waals surface area contributed by atoms with Crippen molar-refractivity contribution in [2.75, 3.05) is 0 Å². The molecule has 0 aliphatic heterocycles. The molecule has 0 saturated heterocycles. The number of hydrogen-bond donors (Lipinski definition) is 1. The van der Waals surface area contributed by atoms with Crippen LogP contribution in [0.4, 0.5) is 0 Å². The summed E-state index contributed by atoms with van der Waals surface area (Å²) in [5.41, 5.74) is -0.119. The molecule has 0 bridgehead atoms. The van der Waals surface area contributed by atoms with Gasteiger partial charge >= 0.3 is 0 Å². The predicted molar refractivity (Wildman–Crippen MR) is 38.8 cm³/mol. The second-order valence-electron chi connectivity index (χ2n) is 1.87. The summed E-state index contributed by atoms with van der Waals surface area (Å²) in [5.74, 6) is 0.655. The number of nitrogens with one attached hydrogen (secondary N) is 1. The Kier molecular flexibility index (Phi) is 1.99. The third-order valence-corrected chi connectivity index (χ3v) is 1.06. The SMILES string of the molecule is C=CCc1nccc(=O)[nH]1. The quantitative estimate of drug-likeness (QED) is 0.602. The Balaban J connectivity index is 2.95. The zero-order chi connectivity index (χ0) is 7.40. The van der Waals surface area contributed by atoms with Gasteiger partial charge in [-0.1, -0.05) is 6.08 Å². The maximum Gasteiger partial charge on any atom is 0.250 e. The van der Waals surface area contributed by atoms with Gasteiger partial charge in [-0.25, -0.2) is 4.98 Å². The molecule has 10 heavy (non-hydrogen) atoms. The van der Waals surface area contributed by atoms with E-state index in [1.54, 1.807) is 6.08 Å². The van der Waals surface area contributed by atoms with Crippen molar-refractivity contribution in [3.63, 3.8) is 0 Å². The van der Waals surface area contributed by atoms with Crippen molar-refractivity contribution in [1.82, 2.24) is 9.97 Å². The summed E-state index contributed by atoms with van der Waals surface area (Å²) in [5, 5.41) is 0. The highest BCUT2D eigenvalue weighted by molar-refractivity contribution is 4.93. The van der Waals surface area contributed by atoms with E-state index in [-0.39, 0.29) is 5.56 Å². The van der Waals surface area contributed by atoms with E-state index < -0.39 is 0 Å². The van der Waals surface area contributed by atoms with Crippen molar-refractivity contribution in [2.45, 2.75) is 6.42 Å². The van der Waals surface area contributed by atoms with Crippen molar-refractivity contribution >= 4 is 0 Å². The lowest BCUT2D eigenvalue weighted by atomic mass is 10.4. The summed E-state index contributed by atoms with van der Waals surface area (Å²) < 4.78 is 0. The lowest BCUT2D eigenvalue weighted by Crippen LogP contribution is -2.07. The highest BCUT2D eigenvalue weighted by Gasteiger charge is 1.88. The minimum absolute atomic E-state index is 0.119. The van der Waals surface area contributed by atoms with Gasteiger partial charge in [-0.3, -0.25) is 4.79 Å². The van der Waals surface area contributed by atoms with E-state index in [2.05, 4.69) is 16.5 Å². The molecule has 0 unspecified atom stereocenters. The van der Waals surface area contributed by atoms with Crippen LogP contribution in [-0.2, 0) is 6.42 Å². The Morgan fingerprint density at radius 3 is 3.20 bits per heavy atom. The predicted octanol–water partition coefficient (Wildman–Crippen LogP) is 0.498. The molecule has 1 aromatic rings. The highest BCUT2D eigenvalue weighted by Crippen LogP contribution is 1.84. The van der Waals surface area contributed by atoms with Gasteiger partial charge in [-0.15, -0.1) is 6.58 Å².